The molecular formula is C25H35N7O3. The monoisotopic (exact) mass is 481 g/mol. The average molecular weight is 482 g/mol. The van der Waals surface area contributed by atoms with Crippen LogP contribution in [0.4, 0.5) is 0 Å². The van der Waals surface area contributed by atoms with E-state index in [4.69, 9.17) is 9.72 Å². The highest BCUT2D eigenvalue weighted by Crippen LogP contribution is 2.31. The minimum absolute atomic E-state index is 0.103. The molecule has 188 valence electrons. The van der Waals surface area contributed by atoms with Crippen LogP contribution in [-0.4, -0.2) is 52.2 Å². The number of carbonyl (C=O) groups is 1. The van der Waals surface area contributed by atoms with Gasteiger partial charge in [0.15, 0.2) is 0 Å². The zero-order valence-corrected chi connectivity index (χ0v) is 20.9. The van der Waals surface area contributed by atoms with Crippen molar-refractivity contribution < 1.29 is 14.6 Å². The van der Waals surface area contributed by atoms with Gasteiger partial charge in [0.1, 0.15) is 11.4 Å². The number of unbranched alkanes of at least 4 members (excludes halogenated alkanes) is 2. The van der Waals surface area contributed by atoms with Crippen molar-refractivity contribution in [2.24, 2.45) is 13.0 Å². The van der Waals surface area contributed by atoms with Gasteiger partial charge in [0, 0.05) is 13.2 Å². The van der Waals surface area contributed by atoms with Crippen LogP contribution in [0.2, 0.25) is 0 Å². The van der Waals surface area contributed by atoms with E-state index in [9.17, 15) is 9.90 Å². The summed E-state index contributed by atoms with van der Waals surface area (Å²) in [6.45, 7) is 4.72. The molecule has 0 aromatic carbocycles. The number of ether oxygens (including phenoxy) is 1. The third-order valence-corrected chi connectivity index (χ3v) is 6.66. The number of aromatic nitrogens is 7. The third-order valence-electron chi connectivity index (χ3n) is 6.66. The molecule has 10 nitrogen and oxygen atoms in total. The summed E-state index contributed by atoms with van der Waals surface area (Å²) in [6, 6.07) is 3.82. The fourth-order valence-corrected chi connectivity index (χ4v) is 4.63. The molecule has 35 heavy (non-hydrogen) atoms. The lowest BCUT2D eigenvalue weighted by atomic mass is 9.87. The van der Waals surface area contributed by atoms with Crippen LogP contribution in [0.15, 0.2) is 18.3 Å². The molecule has 0 unspecified atom stereocenters. The van der Waals surface area contributed by atoms with Gasteiger partial charge in [0.05, 0.1) is 41.3 Å². The topological polar surface area (TPSA) is 121 Å². The maximum absolute atomic E-state index is 11.4. The van der Waals surface area contributed by atoms with Crippen LogP contribution < -0.4 is 4.74 Å². The predicted octanol–water partition coefficient (Wildman–Crippen LogP) is 3.83. The predicted molar refractivity (Wildman–Crippen MR) is 130 cm³/mol. The van der Waals surface area contributed by atoms with Crippen molar-refractivity contribution in [2.75, 3.05) is 0 Å². The standard InChI is InChI=1S/C25H35N7O3/c1-4-6-7-10-18-15-32(30-27-18)16-22-24(28-29-31(22)3)21-12-13-23(20(5-2)26-21)35-19-11-8-9-17(14-19)25(33)34/h12-13,15,17,19H,4-11,14,16H2,1-3H3,(H,33,34)/t17-,19-/m0/s1. The lowest BCUT2D eigenvalue weighted by molar-refractivity contribution is -0.143. The second kappa shape index (κ2) is 11.4. The molecule has 0 saturated heterocycles. The Morgan fingerprint density at radius 1 is 1.17 bits per heavy atom. The van der Waals surface area contributed by atoms with Gasteiger partial charge in [-0.1, -0.05) is 37.1 Å². The highest BCUT2D eigenvalue weighted by molar-refractivity contribution is 5.70. The van der Waals surface area contributed by atoms with Gasteiger partial charge in [-0.25, -0.2) is 14.3 Å². The summed E-state index contributed by atoms with van der Waals surface area (Å²) in [5, 5.41) is 26.6. The van der Waals surface area contributed by atoms with E-state index in [-0.39, 0.29) is 12.0 Å². The van der Waals surface area contributed by atoms with Gasteiger partial charge in [0.25, 0.3) is 0 Å². The van der Waals surface area contributed by atoms with Gasteiger partial charge in [-0.2, -0.15) is 0 Å². The Labute approximate surface area is 205 Å². The van der Waals surface area contributed by atoms with E-state index in [1.165, 1.54) is 12.8 Å². The molecule has 1 N–H and O–H groups in total. The molecule has 1 saturated carbocycles. The van der Waals surface area contributed by atoms with Gasteiger partial charge < -0.3 is 9.84 Å². The summed E-state index contributed by atoms with van der Waals surface area (Å²) in [7, 11) is 1.87. The Hall–Kier alpha value is -3.30. The number of aliphatic carboxylic acids is 1. The molecule has 0 spiro atoms. The number of carboxylic acid groups (broad SMARTS) is 1. The molecule has 4 rings (SSSR count). The minimum atomic E-state index is -0.738. The molecule has 1 fully saturated rings. The van der Waals surface area contributed by atoms with E-state index in [1.807, 2.05) is 37.0 Å². The van der Waals surface area contributed by atoms with Crippen molar-refractivity contribution >= 4 is 5.97 Å². The Bertz CT molecular complexity index is 1140. The van der Waals surface area contributed by atoms with Crippen molar-refractivity contribution in [3.63, 3.8) is 0 Å². The Kier molecular flexibility index (Phi) is 8.09. The number of hydrogen-bond donors (Lipinski definition) is 1. The zero-order valence-electron chi connectivity index (χ0n) is 20.9. The van der Waals surface area contributed by atoms with Crippen LogP contribution >= 0.6 is 0 Å². The molecule has 0 amide bonds. The number of rotatable bonds is 11. The first-order chi connectivity index (χ1) is 17.0. The molecule has 0 aliphatic heterocycles. The van der Waals surface area contributed by atoms with Crippen LogP contribution in [0, 0.1) is 5.92 Å². The quantitative estimate of drug-likeness (QED) is 0.410. The van der Waals surface area contributed by atoms with Gasteiger partial charge in [-0.05, 0) is 57.1 Å². The summed E-state index contributed by atoms with van der Waals surface area (Å²) < 4.78 is 9.81. The maximum Gasteiger partial charge on any atom is 0.306 e. The number of pyridine rings is 1. The molecule has 3 heterocycles. The van der Waals surface area contributed by atoms with Gasteiger partial charge in [0.2, 0.25) is 0 Å². The van der Waals surface area contributed by atoms with Crippen molar-refractivity contribution in [1.29, 1.82) is 0 Å². The first-order valence-corrected chi connectivity index (χ1v) is 12.7. The molecule has 2 atom stereocenters. The lowest BCUT2D eigenvalue weighted by Crippen LogP contribution is -2.29. The van der Waals surface area contributed by atoms with Crippen LogP contribution in [-0.2, 0) is 31.2 Å². The van der Waals surface area contributed by atoms with E-state index in [0.29, 0.717) is 37.3 Å². The van der Waals surface area contributed by atoms with E-state index >= 15 is 0 Å². The second-order valence-corrected chi connectivity index (χ2v) is 9.31. The minimum Gasteiger partial charge on any atom is -0.488 e. The molecular weight excluding hydrogens is 446 g/mol. The van der Waals surface area contributed by atoms with Crippen molar-refractivity contribution in [2.45, 2.75) is 84.3 Å². The fourth-order valence-electron chi connectivity index (χ4n) is 4.63. The number of carboxylic acids is 1. The Balaban J connectivity index is 1.50. The number of aryl methyl sites for hydroxylation is 3. The first kappa shape index (κ1) is 24.8. The summed E-state index contributed by atoms with van der Waals surface area (Å²) in [5.41, 5.74) is 4.16. The lowest BCUT2D eigenvalue weighted by Gasteiger charge is -2.28. The van der Waals surface area contributed by atoms with Crippen LogP contribution in [0.1, 0.15) is 75.9 Å². The van der Waals surface area contributed by atoms with Gasteiger partial charge in [-0.3, -0.25) is 4.79 Å². The third kappa shape index (κ3) is 6.04. The molecule has 1 aliphatic carbocycles. The molecule has 3 aromatic heterocycles. The van der Waals surface area contributed by atoms with Crippen molar-refractivity contribution in [3.8, 4) is 17.1 Å². The smallest absolute Gasteiger partial charge is 0.306 e. The Morgan fingerprint density at radius 2 is 2.03 bits per heavy atom. The second-order valence-electron chi connectivity index (χ2n) is 9.31. The first-order valence-electron chi connectivity index (χ1n) is 12.7. The molecule has 10 heteroatoms. The van der Waals surface area contributed by atoms with Crippen molar-refractivity contribution in [3.05, 3.63) is 35.4 Å². The van der Waals surface area contributed by atoms with E-state index in [1.54, 1.807) is 4.68 Å². The van der Waals surface area contributed by atoms with Crippen LogP contribution in [0.5, 0.6) is 5.75 Å². The SMILES string of the molecule is CCCCCc1cn(Cc2c(-c3ccc(O[C@H]4CCC[C@H](C(=O)O)C4)c(CC)n3)nnn2C)nn1. The number of nitrogens with zero attached hydrogens (tertiary/aromatic N) is 7. The fraction of sp³-hybridized carbons (Fsp3) is 0.600. The van der Waals surface area contributed by atoms with Crippen LogP contribution in [0.3, 0.4) is 0 Å². The molecule has 0 radical (unpaired) electrons. The maximum atomic E-state index is 11.4. The summed E-state index contributed by atoms with van der Waals surface area (Å²) in [4.78, 5) is 16.3. The van der Waals surface area contributed by atoms with Gasteiger partial charge >= 0.3 is 5.97 Å². The van der Waals surface area contributed by atoms with E-state index in [2.05, 4.69) is 27.5 Å². The largest absolute Gasteiger partial charge is 0.488 e. The highest BCUT2D eigenvalue weighted by Gasteiger charge is 2.28. The van der Waals surface area contributed by atoms with Crippen molar-refractivity contribution in [1.82, 2.24) is 35.0 Å². The number of hydrogen-bond acceptors (Lipinski definition) is 7. The highest BCUT2D eigenvalue weighted by atomic mass is 16.5. The molecule has 3 aromatic rings. The van der Waals surface area contributed by atoms with E-state index < -0.39 is 5.97 Å². The Morgan fingerprint density at radius 3 is 2.80 bits per heavy atom. The normalized spacial score (nSPS) is 18.0. The summed E-state index contributed by atoms with van der Waals surface area (Å²) in [6.07, 6.45) is 9.97. The van der Waals surface area contributed by atoms with Crippen LogP contribution in [0.25, 0.3) is 11.4 Å². The van der Waals surface area contributed by atoms with Gasteiger partial charge in [-0.15, -0.1) is 10.2 Å². The zero-order chi connectivity index (χ0) is 24.8. The van der Waals surface area contributed by atoms with E-state index in [0.717, 1.165) is 48.5 Å². The summed E-state index contributed by atoms with van der Waals surface area (Å²) in [5.74, 6) is -0.360. The molecule has 0 bridgehead atoms. The molecule has 1 aliphatic rings. The average Bonchev–Trinajstić information content (AvgIpc) is 3.46. The summed E-state index contributed by atoms with van der Waals surface area (Å²) >= 11 is 0.